The highest BCUT2D eigenvalue weighted by atomic mass is 16.2. The largest absolute Gasteiger partial charge is 0.356 e. The molecule has 6 heteroatoms. The lowest BCUT2D eigenvalue weighted by Gasteiger charge is -2.27. The molecule has 0 radical (unpaired) electrons. The fraction of sp³-hybridized carbons (Fsp3) is 0.444. The van der Waals surface area contributed by atoms with Crippen molar-refractivity contribution in [1.29, 1.82) is 0 Å². The molecule has 1 heterocycles. The summed E-state index contributed by atoms with van der Waals surface area (Å²) < 4.78 is 2.08. The van der Waals surface area contributed by atoms with Gasteiger partial charge in [-0.3, -0.25) is 9.59 Å². The van der Waals surface area contributed by atoms with Crippen LogP contribution in [-0.2, 0) is 29.1 Å². The zero-order chi connectivity index (χ0) is 23.6. The molecule has 2 amide bonds. The molecule has 0 saturated heterocycles. The summed E-state index contributed by atoms with van der Waals surface area (Å²) in [5, 5.41) is 2.92. The molecular weight excluding hydrogens is 412 g/mol. The number of nitrogens with zero attached hydrogens (tertiary/aromatic N) is 3. The van der Waals surface area contributed by atoms with E-state index in [0.717, 1.165) is 48.1 Å². The lowest BCUT2D eigenvalue weighted by molar-refractivity contribution is -0.134. The number of carbonyl (C=O) groups is 2. The Kier molecular flexibility index (Phi) is 9.04. The highest BCUT2D eigenvalue weighted by Crippen LogP contribution is 2.19. The third kappa shape index (κ3) is 6.91. The zero-order valence-electron chi connectivity index (χ0n) is 20.1. The van der Waals surface area contributed by atoms with Crippen molar-refractivity contribution in [2.45, 2.75) is 72.0 Å². The molecule has 1 N–H and O–H groups in total. The van der Waals surface area contributed by atoms with E-state index in [1.807, 2.05) is 54.3 Å². The molecule has 176 valence electrons. The number of imidazole rings is 1. The van der Waals surface area contributed by atoms with Gasteiger partial charge in [0, 0.05) is 32.0 Å². The number of rotatable bonds is 12. The van der Waals surface area contributed by atoms with Crippen molar-refractivity contribution in [3.63, 3.8) is 0 Å². The number of aromatic nitrogens is 2. The number of carbonyl (C=O) groups excluding carboxylic acids is 2. The summed E-state index contributed by atoms with van der Waals surface area (Å²) in [5.41, 5.74) is 3.06. The van der Waals surface area contributed by atoms with Gasteiger partial charge in [-0.1, -0.05) is 55.8 Å². The van der Waals surface area contributed by atoms with Crippen LogP contribution >= 0.6 is 0 Å². The number of hydrogen-bond donors (Lipinski definition) is 1. The predicted octanol–water partition coefficient (Wildman–Crippen LogP) is 4.71. The number of para-hydroxylation sites is 2. The summed E-state index contributed by atoms with van der Waals surface area (Å²) in [7, 11) is 0. The van der Waals surface area contributed by atoms with E-state index in [1.54, 1.807) is 0 Å². The van der Waals surface area contributed by atoms with Crippen LogP contribution in [0.25, 0.3) is 11.0 Å². The summed E-state index contributed by atoms with van der Waals surface area (Å²) >= 11 is 0. The normalized spacial score (nSPS) is 11.2. The van der Waals surface area contributed by atoms with Gasteiger partial charge in [0.25, 0.3) is 0 Å². The average molecular weight is 449 g/mol. The number of benzene rings is 2. The minimum absolute atomic E-state index is 0.0977. The van der Waals surface area contributed by atoms with Gasteiger partial charge in [0.2, 0.25) is 11.8 Å². The van der Waals surface area contributed by atoms with Crippen molar-refractivity contribution in [3.8, 4) is 0 Å². The van der Waals surface area contributed by atoms with E-state index < -0.39 is 0 Å². The summed E-state index contributed by atoms with van der Waals surface area (Å²) in [6.45, 7) is 7.58. The molecule has 1 aromatic heterocycles. The minimum Gasteiger partial charge on any atom is -0.356 e. The van der Waals surface area contributed by atoms with Crippen LogP contribution in [0.15, 0.2) is 54.6 Å². The molecule has 0 aliphatic carbocycles. The summed E-state index contributed by atoms with van der Waals surface area (Å²) in [6.07, 6.45) is 4.26. The second kappa shape index (κ2) is 12.2. The van der Waals surface area contributed by atoms with Crippen molar-refractivity contribution in [2.24, 2.45) is 0 Å². The first-order chi connectivity index (χ1) is 16.0. The van der Waals surface area contributed by atoms with Gasteiger partial charge in [0.05, 0.1) is 11.0 Å². The van der Waals surface area contributed by atoms with Crippen LogP contribution in [0, 0.1) is 0 Å². The van der Waals surface area contributed by atoms with Crippen LogP contribution in [0.4, 0.5) is 0 Å². The minimum atomic E-state index is 0.0977. The van der Waals surface area contributed by atoms with Gasteiger partial charge in [0.15, 0.2) is 0 Å². The third-order valence-electron chi connectivity index (χ3n) is 5.89. The molecule has 0 unspecified atom stereocenters. The van der Waals surface area contributed by atoms with Crippen LogP contribution < -0.4 is 5.32 Å². The van der Waals surface area contributed by atoms with Crippen LogP contribution in [-0.4, -0.2) is 38.9 Å². The molecular formula is C27H36N4O2. The van der Waals surface area contributed by atoms with Gasteiger partial charge in [-0.15, -0.1) is 0 Å². The molecule has 6 nitrogen and oxygen atoms in total. The van der Waals surface area contributed by atoms with Gasteiger partial charge in [-0.2, -0.15) is 0 Å². The molecule has 0 saturated carbocycles. The number of nitrogens with one attached hydrogen (secondary N) is 1. The molecule has 33 heavy (non-hydrogen) atoms. The Balaban J connectivity index is 1.69. The second-order valence-electron chi connectivity index (χ2n) is 8.72. The van der Waals surface area contributed by atoms with E-state index in [0.29, 0.717) is 19.5 Å². The van der Waals surface area contributed by atoms with Crippen molar-refractivity contribution in [1.82, 2.24) is 19.8 Å². The van der Waals surface area contributed by atoms with Gasteiger partial charge in [-0.05, 0) is 44.4 Å². The molecule has 0 bridgehead atoms. The van der Waals surface area contributed by atoms with Crippen LogP contribution in [0.5, 0.6) is 0 Å². The lowest BCUT2D eigenvalue weighted by Crippen LogP contribution is -2.38. The summed E-state index contributed by atoms with van der Waals surface area (Å²) in [6, 6.07) is 18.3. The lowest BCUT2D eigenvalue weighted by atomic mass is 10.1. The standard InChI is InChI=1S/C27H36N4O2/c1-4-26(32)28-18-12-6-9-17-25-29-23-15-10-11-16-24(23)31(25)20-27(33)30(21(2)3)19-22-13-7-5-8-14-22/h5,7-8,10-11,13-16,21H,4,6,9,12,17-20H2,1-3H3,(H,28,32). The van der Waals surface area contributed by atoms with Gasteiger partial charge in [-0.25, -0.2) is 4.98 Å². The molecule has 0 atom stereocenters. The Labute approximate surface area is 197 Å². The highest BCUT2D eigenvalue weighted by molar-refractivity contribution is 5.81. The molecule has 3 aromatic rings. The summed E-state index contributed by atoms with van der Waals surface area (Å²) in [5.74, 6) is 1.15. The van der Waals surface area contributed by atoms with Crippen molar-refractivity contribution in [2.75, 3.05) is 6.54 Å². The van der Waals surface area contributed by atoms with Crippen molar-refractivity contribution < 1.29 is 9.59 Å². The van der Waals surface area contributed by atoms with E-state index in [4.69, 9.17) is 4.98 Å². The quantitative estimate of drug-likeness (QED) is 0.408. The van der Waals surface area contributed by atoms with E-state index in [-0.39, 0.29) is 24.4 Å². The Bertz CT molecular complexity index is 1040. The smallest absolute Gasteiger partial charge is 0.243 e. The predicted molar refractivity (Wildman–Crippen MR) is 133 cm³/mol. The fourth-order valence-corrected chi connectivity index (χ4v) is 4.00. The Morgan fingerprint density at radius 1 is 1.00 bits per heavy atom. The Morgan fingerprint density at radius 2 is 1.73 bits per heavy atom. The summed E-state index contributed by atoms with van der Waals surface area (Å²) in [4.78, 5) is 31.5. The highest BCUT2D eigenvalue weighted by Gasteiger charge is 2.20. The maximum atomic E-state index is 13.4. The number of hydrogen-bond acceptors (Lipinski definition) is 3. The van der Waals surface area contributed by atoms with Crippen LogP contribution in [0.1, 0.15) is 57.8 Å². The fourth-order valence-electron chi connectivity index (χ4n) is 4.00. The van der Waals surface area contributed by atoms with Gasteiger partial charge >= 0.3 is 0 Å². The van der Waals surface area contributed by atoms with Crippen LogP contribution in [0.2, 0.25) is 0 Å². The first-order valence-electron chi connectivity index (χ1n) is 12.0. The zero-order valence-corrected chi connectivity index (χ0v) is 20.1. The average Bonchev–Trinajstić information content (AvgIpc) is 3.17. The molecule has 0 aliphatic rings. The molecule has 0 spiro atoms. The Morgan fingerprint density at radius 3 is 2.45 bits per heavy atom. The maximum absolute atomic E-state index is 13.4. The molecule has 0 aliphatic heterocycles. The van der Waals surface area contributed by atoms with Gasteiger partial charge in [0.1, 0.15) is 12.4 Å². The monoisotopic (exact) mass is 448 g/mol. The number of unbranched alkanes of at least 4 members (excludes halogenated alkanes) is 2. The van der Waals surface area contributed by atoms with E-state index in [9.17, 15) is 9.59 Å². The van der Waals surface area contributed by atoms with Crippen molar-refractivity contribution in [3.05, 3.63) is 66.0 Å². The number of amides is 2. The SMILES string of the molecule is CCC(=O)NCCCCCc1nc2ccccc2n1CC(=O)N(Cc1ccccc1)C(C)C. The van der Waals surface area contributed by atoms with Crippen LogP contribution in [0.3, 0.4) is 0 Å². The van der Waals surface area contributed by atoms with E-state index in [2.05, 4.69) is 35.9 Å². The van der Waals surface area contributed by atoms with Gasteiger partial charge < -0.3 is 14.8 Å². The maximum Gasteiger partial charge on any atom is 0.243 e. The Hall–Kier alpha value is -3.15. The molecule has 0 fully saturated rings. The second-order valence-corrected chi connectivity index (χ2v) is 8.72. The van der Waals surface area contributed by atoms with E-state index >= 15 is 0 Å². The van der Waals surface area contributed by atoms with Crippen molar-refractivity contribution >= 4 is 22.8 Å². The first kappa shape index (κ1) is 24.5. The first-order valence-corrected chi connectivity index (χ1v) is 12.0. The number of fused-ring (bicyclic) bond motifs is 1. The number of aryl methyl sites for hydroxylation is 1. The third-order valence-corrected chi connectivity index (χ3v) is 5.89. The molecule has 3 rings (SSSR count). The molecule has 2 aromatic carbocycles. The van der Waals surface area contributed by atoms with E-state index in [1.165, 1.54) is 0 Å². The topological polar surface area (TPSA) is 67.2 Å².